The Kier molecular flexibility index (Phi) is 3.67. The van der Waals surface area contributed by atoms with Gasteiger partial charge in [-0.1, -0.05) is 102 Å². The van der Waals surface area contributed by atoms with E-state index in [1.807, 2.05) is 0 Å². The van der Waals surface area contributed by atoms with Crippen LogP contribution in [0.4, 0.5) is 0 Å². The molecular formula is C26H28. The Hall–Kier alpha value is -2.34. The Morgan fingerprint density at radius 3 is 1.58 bits per heavy atom. The molecule has 0 aliphatic heterocycles. The summed E-state index contributed by atoms with van der Waals surface area (Å²) in [5.41, 5.74) is 5.88. The zero-order valence-corrected chi connectivity index (χ0v) is 16.8. The summed E-state index contributed by atoms with van der Waals surface area (Å²) < 4.78 is 0. The third-order valence-corrected chi connectivity index (χ3v) is 5.50. The minimum atomic E-state index is 0.0998. The highest BCUT2D eigenvalue weighted by atomic mass is 14.3. The lowest BCUT2D eigenvalue weighted by atomic mass is 9.73. The average molecular weight is 341 g/mol. The molecule has 0 aromatic heterocycles. The van der Waals surface area contributed by atoms with Crippen molar-refractivity contribution in [2.45, 2.75) is 52.4 Å². The molecule has 4 rings (SSSR count). The summed E-state index contributed by atoms with van der Waals surface area (Å²) >= 11 is 0. The van der Waals surface area contributed by atoms with Crippen molar-refractivity contribution >= 4 is 0 Å². The fourth-order valence-corrected chi connectivity index (χ4v) is 4.24. The molecule has 0 saturated heterocycles. The number of hydrogen-bond acceptors (Lipinski definition) is 0. The number of hydrogen-bond donors (Lipinski definition) is 0. The van der Waals surface area contributed by atoms with Crippen LogP contribution in [-0.4, -0.2) is 0 Å². The topological polar surface area (TPSA) is 0 Å². The van der Waals surface area contributed by atoms with Crippen molar-refractivity contribution in [1.29, 1.82) is 0 Å². The molecule has 0 amide bonds. The fourth-order valence-electron chi connectivity index (χ4n) is 4.24. The minimum absolute atomic E-state index is 0.0998. The van der Waals surface area contributed by atoms with Crippen molar-refractivity contribution in [3.8, 4) is 11.1 Å². The lowest BCUT2D eigenvalue weighted by Gasteiger charge is -2.31. The average Bonchev–Trinajstić information content (AvgIpc) is 2.56. The van der Waals surface area contributed by atoms with Crippen molar-refractivity contribution in [2.24, 2.45) is 0 Å². The normalized spacial score (nSPS) is 13.0. The van der Waals surface area contributed by atoms with Gasteiger partial charge in [-0.05, 0) is 54.0 Å². The second kappa shape index (κ2) is 5.58. The molecule has 3 aromatic carbocycles. The second-order valence-electron chi connectivity index (χ2n) is 9.50. The van der Waals surface area contributed by atoms with E-state index in [0.29, 0.717) is 0 Å². The van der Waals surface area contributed by atoms with Crippen molar-refractivity contribution < 1.29 is 0 Å². The molecule has 1 aliphatic carbocycles. The van der Waals surface area contributed by atoms with Gasteiger partial charge in [0.15, 0.2) is 0 Å². The van der Waals surface area contributed by atoms with Gasteiger partial charge in [0.05, 0.1) is 0 Å². The van der Waals surface area contributed by atoms with E-state index in [0.717, 1.165) is 0 Å². The number of benzene rings is 3. The molecule has 26 heavy (non-hydrogen) atoms. The van der Waals surface area contributed by atoms with Crippen LogP contribution in [0.3, 0.4) is 0 Å². The van der Waals surface area contributed by atoms with Gasteiger partial charge < -0.3 is 0 Å². The largest absolute Gasteiger partial charge is 0.0616 e. The molecule has 0 heterocycles. The predicted octanol–water partition coefficient (Wildman–Crippen LogP) is 6.84. The molecule has 0 saturated carbocycles. The summed E-state index contributed by atoms with van der Waals surface area (Å²) in [4.78, 5) is 0. The molecular weight excluding hydrogens is 312 g/mol. The van der Waals surface area contributed by atoms with Gasteiger partial charge in [-0.25, -0.2) is 0 Å². The first-order valence-electron chi connectivity index (χ1n) is 9.57. The zero-order valence-electron chi connectivity index (χ0n) is 16.8. The first-order chi connectivity index (χ1) is 12.2. The molecule has 3 aromatic rings. The van der Waals surface area contributed by atoms with E-state index in [-0.39, 0.29) is 10.8 Å². The van der Waals surface area contributed by atoms with Gasteiger partial charge in [-0.15, -0.1) is 0 Å². The molecule has 0 atom stereocenters. The maximum absolute atomic E-state index is 2.32. The highest BCUT2D eigenvalue weighted by molar-refractivity contribution is 5.75. The van der Waals surface area contributed by atoms with Gasteiger partial charge in [-0.2, -0.15) is 0 Å². The van der Waals surface area contributed by atoms with E-state index in [1.165, 1.54) is 43.1 Å². The lowest BCUT2D eigenvalue weighted by Crippen LogP contribution is -2.19. The quantitative estimate of drug-likeness (QED) is 0.356. The van der Waals surface area contributed by atoms with Crippen LogP contribution < -0.4 is 0 Å². The van der Waals surface area contributed by atoms with Gasteiger partial charge in [0, 0.05) is 0 Å². The Bertz CT molecular complexity index is 1150. The predicted molar refractivity (Wildman–Crippen MR) is 111 cm³/mol. The van der Waals surface area contributed by atoms with Gasteiger partial charge in [0.1, 0.15) is 0 Å². The van der Waals surface area contributed by atoms with E-state index in [1.54, 1.807) is 0 Å². The Balaban J connectivity index is 2.18. The number of rotatable bonds is 1. The zero-order chi connectivity index (χ0) is 18.7. The highest BCUT2D eigenvalue weighted by Gasteiger charge is 2.27. The van der Waals surface area contributed by atoms with Gasteiger partial charge in [0.2, 0.25) is 0 Å². The highest BCUT2D eigenvalue weighted by Crippen LogP contribution is 2.41. The molecule has 0 nitrogen and oxygen atoms in total. The lowest BCUT2D eigenvalue weighted by molar-refractivity contribution is 0.571. The molecule has 0 radical (unpaired) electrons. The SMILES string of the molecule is CC(C)(C)c1cccc(C(C)(C)C)c1-c1cccc2c1=c1ccccc1=2. The molecule has 0 N–H and O–H groups in total. The Morgan fingerprint density at radius 2 is 1.00 bits per heavy atom. The molecule has 1 aliphatic rings. The van der Waals surface area contributed by atoms with Crippen molar-refractivity contribution in [2.75, 3.05) is 0 Å². The van der Waals surface area contributed by atoms with Crippen LogP contribution in [0.15, 0.2) is 60.7 Å². The maximum atomic E-state index is 2.32. The van der Waals surface area contributed by atoms with Crippen molar-refractivity contribution in [1.82, 2.24) is 0 Å². The van der Waals surface area contributed by atoms with E-state index >= 15 is 0 Å². The second-order valence-corrected chi connectivity index (χ2v) is 9.50. The van der Waals surface area contributed by atoms with E-state index < -0.39 is 0 Å². The summed E-state index contributed by atoms with van der Waals surface area (Å²) in [5.74, 6) is 0. The smallest absolute Gasteiger partial charge is 0.00202 e. The summed E-state index contributed by atoms with van der Waals surface area (Å²) in [5, 5.41) is 5.59. The number of fused-ring (bicyclic) bond motifs is 2. The van der Waals surface area contributed by atoms with Crippen LogP contribution in [0.1, 0.15) is 52.7 Å². The third kappa shape index (κ3) is 2.51. The molecule has 0 bridgehead atoms. The van der Waals surface area contributed by atoms with Gasteiger partial charge in [0.25, 0.3) is 0 Å². The fraction of sp³-hybridized carbons (Fsp3) is 0.308. The van der Waals surface area contributed by atoms with Crippen LogP contribution in [0, 0.1) is 20.9 Å². The Labute approximate surface area is 156 Å². The van der Waals surface area contributed by atoms with E-state index in [4.69, 9.17) is 0 Å². The standard InChI is InChI=1S/C26H28/c1-25(2,3)21-15-10-16-22(26(4,5)6)24(21)20-14-9-13-19-17-11-7-8-12-18(17)23(19)20/h7-16H,1-6H3. The summed E-state index contributed by atoms with van der Waals surface area (Å²) in [6, 6.07) is 22.4. The molecule has 0 fully saturated rings. The van der Waals surface area contributed by atoms with Crippen LogP contribution in [0.2, 0.25) is 0 Å². The third-order valence-electron chi connectivity index (χ3n) is 5.50. The first kappa shape index (κ1) is 17.1. The monoisotopic (exact) mass is 340 g/mol. The molecule has 0 heteroatoms. The van der Waals surface area contributed by atoms with Gasteiger partial charge in [-0.3, -0.25) is 0 Å². The summed E-state index contributed by atoms with van der Waals surface area (Å²) in [7, 11) is 0. The molecule has 0 unspecified atom stereocenters. The van der Waals surface area contributed by atoms with Crippen LogP contribution in [-0.2, 0) is 10.8 Å². The van der Waals surface area contributed by atoms with Crippen molar-refractivity contribution in [3.63, 3.8) is 0 Å². The molecule has 132 valence electrons. The first-order valence-corrected chi connectivity index (χ1v) is 9.57. The summed E-state index contributed by atoms with van der Waals surface area (Å²) in [6.45, 7) is 13.9. The van der Waals surface area contributed by atoms with Crippen LogP contribution in [0.5, 0.6) is 0 Å². The van der Waals surface area contributed by atoms with Crippen molar-refractivity contribution in [3.05, 3.63) is 92.7 Å². The maximum Gasteiger partial charge on any atom is -0.00202 e. The van der Waals surface area contributed by atoms with Gasteiger partial charge >= 0.3 is 0 Å². The summed E-state index contributed by atoms with van der Waals surface area (Å²) in [6.07, 6.45) is 0. The van der Waals surface area contributed by atoms with E-state index in [9.17, 15) is 0 Å². The van der Waals surface area contributed by atoms with Crippen LogP contribution >= 0.6 is 0 Å². The Morgan fingerprint density at radius 1 is 0.500 bits per heavy atom. The van der Waals surface area contributed by atoms with Crippen LogP contribution in [0.25, 0.3) is 11.1 Å². The minimum Gasteiger partial charge on any atom is -0.0616 e. The van der Waals surface area contributed by atoms with E-state index in [2.05, 4.69) is 102 Å². The molecule has 0 spiro atoms.